The van der Waals surface area contributed by atoms with Crippen LogP contribution in [0.5, 0.6) is 0 Å². The van der Waals surface area contributed by atoms with Gasteiger partial charge in [-0.05, 0) is 104 Å². The minimum atomic E-state index is 0. The maximum Gasteiger partial charge on any atom is 2.00 e. The molecular formula is C76H159N5U. The Bertz CT molecular complexity index is 1060. The molecule has 0 fully saturated rings. The van der Waals surface area contributed by atoms with Crippen molar-refractivity contribution in [1.82, 2.24) is 14.7 Å². The molecule has 82 heavy (non-hydrogen) atoms. The van der Waals surface area contributed by atoms with Gasteiger partial charge in [-0.15, -0.1) is 13.1 Å². The van der Waals surface area contributed by atoms with Gasteiger partial charge >= 0.3 is 31.1 Å². The van der Waals surface area contributed by atoms with Crippen molar-refractivity contribution in [3.63, 3.8) is 0 Å². The van der Waals surface area contributed by atoms with Gasteiger partial charge in [-0.2, -0.15) is 13.1 Å². The third-order valence-corrected chi connectivity index (χ3v) is 15.9. The summed E-state index contributed by atoms with van der Waals surface area (Å²) in [5.74, 6) is 0. The van der Waals surface area contributed by atoms with Crippen molar-refractivity contribution in [2.45, 2.75) is 384 Å². The van der Waals surface area contributed by atoms with Crippen molar-refractivity contribution in [3.8, 4) is 0 Å². The molecule has 0 aliphatic rings. The van der Waals surface area contributed by atoms with Gasteiger partial charge in [0, 0.05) is 13.1 Å². The Hall–Kier alpha value is 0.332. The van der Waals surface area contributed by atoms with E-state index in [2.05, 4.69) is 115 Å². The summed E-state index contributed by atoms with van der Waals surface area (Å²) in [4.78, 5) is 8.23. The first-order valence-electron chi connectivity index (χ1n) is 37.7. The van der Waals surface area contributed by atoms with Crippen LogP contribution in [-0.4, -0.2) is 99.8 Å². The second-order valence-electron chi connectivity index (χ2n) is 24.7. The number of likely N-dealkylation sites (N-methyl/N-ethyl adjacent to an activating group) is 1. The molecular weight excluding hydrogens is 1220 g/mol. The van der Waals surface area contributed by atoms with Crippen molar-refractivity contribution in [3.05, 3.63) is 34.9 Å². The van der Waals surface area contributed by atoms with E-state index < -0.39 is 0 Å². The Labute approximate surface area is 546 Å². The van der Waals surface area contributed by atoms with E-state index >= 15 is 0 Å². The molecule has 0 radical (unpaired) electrons. The summed E-state index contributed by atoms with van der Waals surface area (Å²) in [5.41, 5.74) is 0. The van der Waals surface area contributed by atoms with Gasteiger partial charge in [0.1, 0.15) is 0 Å². The van der Waals surface area contributed by atoms with Crippen molar-refractivity contribution < 1.29 is 31.1 Å². The van der Waals surface area contributed by atoms with Gasteiger partial charge in [-0.25, -0.2) is 0 Å². The molecule has 0 spiro atoms. The molecule has 0 aromatic heterocycles. The van der Waals surface area contributed by atoms with E-state index in [1.807, 2.05) is 0 Å². The predicted octanol–water partition coefficient (Wildman–Crippen LogP) is 25.7. The molecule has 0 amide bonds. The van der Waals surface area contributed by atoms with Crippen molar-refractivity contribution in [2.24, 2.45) is 0 Å². The van der Waals surface area contributed by atoms with Crippen LogP contribution < -0.4 is 0 Å². The van der Waals surface area contributed by atoms with Crippen LogP contribution in [0.1, 0.15) is 384 Å². The molecule has 0 saturated carbocycles. The number of hydrogen-bond acceptors (Lipinski definition) is 3. The minimum Gasteiger partial charge on any atom is -0.663 e. The molecule has 6 heteroatoms. The van der Waals surface area contributed by atoms with Gasteiger partial charge in [0.2, 0.25) is 0 Å². The first-order chi connectivity index (χ1) is 40.0. The van der Waals surface area contributed by atoms with Crippen LogP contribution in [0.4, 0.5) is 0 Å². The fourth-order valence-electron chi connectivity index (χ4n) is 10.5. The molecule has 0 atom stereocenters. The first kappa shape index (κ1) is 91.1. The van der Waals surface area contributed by atoms with Crippen molar-refractivity contribution in [1.29, 1.82) is 0 Å². The molecule has 0 rings (SSSR count). The van der Waals surface area contributed by atoms with Crippen LogP contribution in [0, 0.1) is 31.1 Å². The Balaban J connectivity index is -0.00000126. The first-order valence-corrected chi connectivity index (χ1v) is 37.7. The minimum absolute atomic E-state index is 0. The number of allylic oxidation sites excluding steroid dienone is 4. The smallest absolute Gasteiger partial charge is 0.663 e. The third-order valence-electron chi connectivity index (χ3n) is 15.9. The fraction of sp³-hybridized carbons (Fsp3) is 0.947. The largest absolute Gasteiger partial charge is 2.00 e. The SMILES string of the molecule is CCC.CCC.CCCCC/C=C\C/C=C\CCCCCCCCN(CCCCCCCCCCCC)CC[N-]CC[N-]CCN(CC)CCN(CCCCCCCCCCC)CCCCCCCCCCCC.CCCCCCC.[U+2]. The number of unbranched alkanes of at least 4 members (excludes halogenated alkanes) is 39. The van der Waals surface area contributed by atoms with Crippen LogP contribution in [-0.2, 0) is 0 Å². The van der Waals surface area contributed by atoms with E-state index in [4.69, 9.17) is 10.6 Å². The Morgan fingerprint density at radius 2 is 0.439 bits per heavy atom. The van der Waals surface area contributed by atoms with E-state index in [0.29, 0.717) is 0 Å². The second-order valence-corrected chi connectivity index (χ2v) is 24.7. The molecule has 0 aromatic carbocycles. The monoisotopic (exact) mass is 1380 g/mol. The maximum atomic E-state index is 5.00. The molecule has 0 bridgehead atoms. The van der Waals surface area contributed by atoms with Crippen molar-refractivity contribution in [2.75, 3.05) is 85.1 Å². The van der Waals surface area contributed by atoms with E-state index in [0.717, 1.165) is 52.2 Å². The Morgan fingerprint density at radius 3 is 0.744 bits per heavy atom. The van der Waals surface area contributed by atoms with Gasteiger partial charge in [0.05, 0.1) is 0 Å². The van der Waals surface area contributed by atoms with Crippen LogP contribution in [0.3, 0.4) is 0 Å². The number of rotatable bonds is 64. The van der Waals surface area contributed by atoms with E-state index in [1.165, 1.54) is 341 Å². The molecule has 492 valence electrons. The van der Waals surface area contributed by atoms with Gasteiger partial charge in [0.15, 0.2) is 0 Å². The molecule has 0 aromatic rings. The number of nitrogens with zero attached hydrogens (tertiary/aromatic N) is 5. The van der Waals surface area contributed by atoms with E-state index in [-0.39, 0.29) is 31.1 Å². The summed E-state index contributed by atoms with van der Waals surface area (Å²) in [7, 11) is 0. The van der Waals surface area contributed by atoms with E-state index in [1.54, 1.807) is 0 Å². The quantitative estimate of drug-likeness (QED) is 0.0450. The Kier molecular flexibility index (Phi) is 100. The maximum absolute atomic E-state index is 5.00. The van der Waals surface area contributed by atoms with Crippen LogP contribution in [0.15, 0.2) is 24.3 Å². The summed E-state index contributed by atoms with van der Waals surface area (Å²) < 4.78 is 0. The molecule has 0 aliphatic carbocycles. The zero-order valence-electron chi connectivity index (χ0n) is 59.2. The molecule has 5 nitrogen and oxygen atoms in total. The van der Waals surface area contributed by atoms with Crippen LogP contribution >= 0.6 is 0 Å². The van der Waals surface area contributed by atoms with Gasteiger partial charge in [0.25, 0.3) is 0 Å². The van der Waals surface area contributed by atoms with Crippen LogP contribution in [0.25, 0.3) is 10.6 Å². The topological polar surface area (TPSA) is 37.9 Å². The fourth-order valence-corrected chi connectivity index (χ4v) is 10.5. The molecule has 0 saturated heterocycles. The van der Waals surface area contributed by atoms with Crippen LogP contribution in [0.2, 0.25) is 0 Å². The Morgan fingerprint density at radius 1 is 0.220 bits per heavy atom. The van der Waals surface area contributed by atoms with Gasteiger partial charge in [-0.3, -0.25) is 0 Å². The van der Waals surface area contributed by atoms with Gasteiger partial charge < -0.3 is 25.3 Å². The zero-order valence-corrected chi connectivity index (χ0v) is 63.3. The third kappa shape index (κ3) is 89.1. The van der Waals surface area contributed by atoms with E-state index in [9.17, 15) is 0 Å². The summed E-state index contributed by atoms with van der Waals surface area (Å²) in [5, 5.41) is 9.97. The van der Waals surface area contributed by atoms with Crippen molar-refractivity contribution >= 4 is 0 Å². The van der Waals surface area contributed by atoms with Gasteiger partial charge in [-0.1, -0.05) is 351 Å². The molecule has 0 unspecified atom stereocenters. The molecule has 0 N–H and O–H groups in total. The molecule has 0 heterocycles. The normalized spacial score (nSPS) is 11.4. The zero-order chi connectivity index (χ0) is 60.1. The summed E-state index contributed by atoms with van der Waals surface area (Å²) in [6.45, 7) is 39.2. The standard InChI is InChI=1S/C63H127N5.C7H16.2C3H8.U/c1-6-11-15-19-23-27-30-31-32-33-34-35-39-42-45-49-57-67(56-48-44-41-37-28-24-20-16-12-7-2)61-55-65-53-52-64-54-60-66(10-5)62-63-68(58-50-46-40-36-26-22-18-14-9-4)59-51-47-43-38-29-25-21-17-13-8-3;1-3-5-7-6-4-2;2*1-3-2;/h23,27,31-32H,6-22,24-26,28-30,33-63H2,1-5H3;3-7H2,1-2H3;2*3H2,1-2H3;/q-2;;;;+2/b27-23-,32-31-;;;;. The average Bonchev–Trinajstić information content (AvgIpc) is 3.47. The number of hydrogen-bond donors (Lipinski definition) is 0. The average molecular weight is 1380 g/mol. The summed E-state index contributed by atoms with van der Waals surface area (Å²) in [6.07, 6.45) is 76.1. The summed E-state index contributed by atoms with van der Waals surface area (Å²) in [6, 6.07) is 0. The second kappa shape index (κ2) is 90.1. The summed E-state index contributed by atoms with van der Waals surface area (Å²) >= 11 is 0. The molecule has 0 aliphatic heterocycles. The predicted molar refractivity (Wildman–Crippen MR) is 378 cm³/mol.